The first kappa shape index (κ1) is 9.66. The van der Waals surface area contributed by atoms with E-state index in [4.69, 9.17) is 5.73 Å². The van der Waals surface area contributed by atoms with Crippen LogP contribution in [0.1, 0.15) is 18.9 Å². The highest BCUT2D eigenvalue weighted by Crippen LogP contribution is 2.40. The zero-order valence-electron chi connectivity index (χ0n) is 8.41. The van der Waals surface area contributed by atoms with E-state index in [0.717, 1.165) is 17.9 Å². The SMILES string of the molecule is CC1CC1C(N)Cc1ccc(F)cc1. The molecule has 2 heteroatoms. The average molecular weight is 193 g/mol. The predicted octanol–water partition coefficient (Wildman–Crippen LogP) is 2.35. The van der Waals surface area contributed by atoms with Crippen molar-refractivity contribution in [2.24, 2.45) is 17.6 Å². The Hall–Kier alpha value is -0.890. The van der Waals surface area contributed by atoms with Gasteiger partial charge in [-0.15, -0.1) is 0 Å². The second kappa shape index (κ2) is 3.70. The van der Waals surface area contributed by atoms with Gasteiger partial charge in [0.25, 0.3) is 0 Å². The van der Waals surface area contributed by atoms with Crippen molar-refractivity contribution < 1.29 is 4.39 Å². The summed E-state index contributed by atoms with van der Waals surface area (Å²) >= 11 is 0. The molecule has 76 valence electrons. The van der Waals surface area contributed by atoms with Gasteiger partial charge in [0.1, 0.15) is 5.82 Å². The van der Waals surface area contributed by atoms with Crippen LogP contribution in [0.15, 0.2) is 24.3 Å². The Balaban J connectivity index is 1.93. The topological polar surface area (TPSA) is 26.0 Å². The van der Waals surface area contributed by atoms with Gasteiger partial charge in [0.05, 0.1) is 0 Å². The van der Waals surface area contributed by atoms with Crippen molar-refractivity contribution in [2.45, 2.75) is 25.8 Å². The molecule has 3 unspecified atom stereocenters. The highest BCUT2D eigenvalue weighted by molar-refractivity contribution is 5.17. The van der Waals surface area contributed by atoms with Gasteiger partial charge in [-0.1, -0.05) is 19.1 Å². The van der Waals surface area contributed by atoms with E-state index < -0.39 is 0 Å². The number of halogens is 1. The van der Waals surface area contributed by atoms with Crippen LogP contribution in [0.5, 0.6) is 0 Å². The zero-order valence-corrected chi connectivity index (χ0v) is 8.41. The van der Waals surface area contributed by atoms with Crippen LogP contribution in [0.25, 0.3) is 0 Å². The van der Waals surface area contributed by atoms with Crippen molar-refractivity contribution in [1.82, 2.24) is 0 Å². The Kier molecular flexibility index (Phi) is 2.55. The van der Waals surface area contributed by atoms with E-state index in [9.17, 15) is 4.39 Å². The summed E-state index contributed by atoms with van der Waals surface area (Å²) < 4.78 is 12.6. The summed E-state index contributed by atoms with van der Waals surface area (Å²) in [6.45, 7) is 2.23. The first-order valence-corrected chi connectivity index (χ1v) is 5.17. The van der Waals surface area contributed by atoms with Crippen LogP contribution < -0.4 is 5.73 Å². The van der Waals surface area contributed by atoms with Crippen LogP contribution in [0, 0.1) is 17.7 Å². The van der Waals surface area contributed by atoms with Gasteiger partial charge < -0.3 is 5.73 Å². The van der Waals surface area contributed by atoms with E-state index in [1.807, 2.05) is 12.1 Å². The summed E-state index contributed by atoms with van der Waals surface area (Å²) in [4.78, 5) is 0. The quantitative estimate of drug-likeness (QED) is 0.783. The van der Waals surface area contributed by atoms with Gasteiger partial charge in [0, 0.05) is 6.04 Å². The summed E-state index contributed by atoms with van der Waals surface area (Å²) in [6, 6.07) is 6.89. The molecule has 1 aromatic carbocycles. The molecule has 0 aromatic heterocycles. The number of nitrogens with two attached hydrogens (primary N) is 1. The molecule has 1 nitrogen and oxygen atoms in total. The van der Waals surface area contributed by atoms with E-state index in [2.05, 4.69) is 6.92 Å². The molecule has 2 N–H and O–H groups in total. The maximum atomic E-state index is 12.6. The van der Waals surface area contributed by atoms with Crippen molar-refractivity contribution in [1.29, 1.82) is 0 Å². The number of benzene rings is 1. The van der Waals surface area contributed by atoms with Crippen molar-refractivity contribution in [3.05, 3.63) is 35.6 Å². The first-order valence-electron chi connectivity index (χ1n) is 5.17. The number of rotatable bonds is 3. The molecule has 1 fully saturated rings. The Morgan fingerprint density at radius 2 is 2.00 bits per heavy atom. The van der Waals surface area contributed by atoms with E-state index in [-0.39, 0.29) is 11.9 Å². The highest BCUT2D eigenvalue weighted by atomic mass is 19.1. The molecule has 1 aromatic rings. The largest absolute Gasteiger partial charge is 0.327 e. The molecule has 0 radical (unpaired) electrons. The maximum Gasteiger partial charge on any atom is 0.123 e. The number of hydrogen-bond acceptors (Lipinski definition) is 1. The van der Waals surface area contributed by atoms with Gasteiger partial charge >= 0.3 is 0 Å². The monoisotopic (exact) mass is 193 g/mol. The third-order valence-electron chi connectivity index (χ3n) is 3.11. The predicted molar refractivity (Wildman–Crippen MR) is 55.4 cm³/mol. The lowest BCUT2D eigenvalue weighted by atomic mass is 10.0. The zero-order chi connectivity index (χ0) is 10.1. The van der Waals surface area contributed by atoms with Crippen LogP contribution in [0.4, 0.5) is 4.39 Å². The van der Waals surface area contributed by atoms with Gasteiger partial charge in [-0.25, -0.2) is 4.39 Å². The minimum absolute atomic E-state index is 0.179. The lowest BCUT2D eigenvalue weighted by molar-refractivity contribution is 0.559. The summed E-state index contributed by atoms with van der Waals surface area (Å²) in [5.74, 6) is 1.28. The van der Waals surface area contributed by atoms with E-state index in [1.165, 1.54) is 18.6 Å². The van der Waals surface area contributed by atoms with E-state index in [1.54, 1.807) is 0 Å². The van der Waals surface area contributed by atoms with Crippen molar-refractivity contribution in [2.75, 3.05) is 0 Å². The minimum Gasteiger partial charge on any atom is -0.327 e. The molecule has 0 heterocycles. The molecule has 0 saturated heterocycles. The Bertz CT molecular complexity index is 307. The maximum absolute atomic E-state index is 12.6. The second-order valence-electron chi connectivity index (χ2n) is 4.37. The van der Waals surface area contributed by atoms with Crippen LogP contribution in [0.2, 0.25) is 0 Å². The van der Waals surface area contributed by atoms with Crippen LogP contribution in [-0.4, -0.2) is 6.04 Å². The molecule has 0 bridgehead atoms. The molecule has 1 aliphatic carbocycles. The van der Waals surface area contributed by atoms with Gasteiger partial charge in [-0.2, -0.15) is 0 Å². The minimum atomic E-state index is -0.179. The van der Waals surface area contributed by atoms with Crippen molar-refractivity contribution in [3.63, 3.8) is 0 Å². The normalized spacial score (nSPS) is 27.4. The summed E-state index contributed by atoms with van der Waals surface area (Å²) in [6.07, 6.45) is 2.12. The summed E-state index contributed by atoms with van der Waals surface area (Å²) in [5, 5.41) is 0. The molecule has 0 aliphatic heterocycles. The van der Waals surface area contributed by atoms with Crippen LogP contribution in [-0.2, 0) is 6.42 Å². The Morgan fingerprint density at radius 1 is 1.43 bits per heavy atom. The molecule has 3 atom stereocenters. The number of hydrogen-bond donors (Lipinski definition) is 1. The molecule has 14 heavy (non-hydrogen) atoms. The standard InChI is InChI=1S/C12H16FN/c1-8-6-11(8)12(14)7-9-2-4-10(13)5-3-9/h2-5,8,11-12H,6-7,14H2,1H3. The average Bonchev–Trinajstić information content (AvgIpc) is 2.87. The summed E-state index contributed by atoms with van der Waals surface area (Å²) in [5.41, 5.74) is 7.18. The summed E-state index contributed by atoms with van der Waals surface area (Å²) in [7, 11) is 0. The molecular weight excluding hydrogens is 177 g/mol. The fraction of sp³-hybridized carbons (Fsp3) is 0.500. The van der Waals surface area contributed by atoms with Crippen LogP contribution >= 0.6 is 0 Å². The van der Waals surface area contributed by atoms with E-state index >= 15 is 0 Å². The lowest BCUT2D eigenvalue weighted by Crippen LogP contribution is -2.25. The lowest BCUT2D eigenvalue weighted by Gasteiger charge is -2.10. The van der Waals surface area contributed by atoms with Gasteiger partial charge in [0.2, 0.25) is 0 Å². The smallest absolute Gasteiger partial charge is 0.123 e. The molecule has 0 spiro atoms. The van der Waals surface area contributed by atoms with Gasteiger partial charge in [-0.3, -0.25) is 0 Å². The Morgan fingerprint density at radius 3 is 2.50 bits per heavy atom. The third kappa shape index (κ3) is 2.13. The van der Waals surface area contributed by atoms with Gasteiger partial charge in [-0.05, 0) is 42.4 Å². The molecule has 2 rings (SSSR count). The fourth-order valence-corrected chi connectivity index (χ4v) is 1.99. The van der Waals surface area contributed by atoms with Crippen molar-refractivity contribution in [3.8, 4) is 0 Å². The molecule has 1 aliphatic rings. The van der Waals surface area contributed by atoms with E-state index in [0.29, 0.717) is 5.92 Å². The molecule has 0 amide bonds. The van der Waals surface area contributed by atoms with Crippen molar-refractivity contribution >= 4 is 0 Å². The third-order valence-corrected chi connectivity index (χ3v) is 3.11. The fourth-order valence-electron chi connectivity index (χ4n) is 1.99. The second-order valence-corrected chi connectivity index (χ2v) is 4.37. The van der Waals surface area contributed by atoms with Crippen LogP contribution in [0.3, 0.4) is 0 Å². The van der Waals surface area contributed by atoms with Gasteiger partial charge in [0.15, 0.2) is 0 Å². The first-order chi connectivity index (χ1) is 6.66. The molecule has 1 saturated carbocycles. The Labute approximate surface area is 84.1 Å². The highest BCUT2D eigenvalue weighted by Gasteiger charge is 2.37. The molecular formula is C12H16FN.